The first-order chi connectivity index (χ1) is 7.58. The summed E-state index contributed by atoms with van der Waals surface area (Å²) in [5, 5.41) is 10.0. The molecule has 1 unspecified atom stereocenters. The van der Waals surface area contributed by atoms with Crippen LogP contribution in [0.3, 0.4) is 0 Å². The van der Waals surface area contributed by atoms with Gasteiger partial charge in [0.2, 0.25) is 0 Å². The highest BCUT2D eigenvalue weighted by atomic mass is 79.9. The Labute approximate surface area is 104 Å². The Morgan fingerprint density at radius 2 is 2.25 bits per heavy atom. The van der Waals surface area contributed by atoms with Gasteiger partial charge in [0.25, 0.3) is 0 Å². The van der Waals surface area contributed by atoms with Gasteiger partial charge in [-0.05, 0) is 42.1 Å². The largest absolute Gasteiger partial charge is 0.390 e. The minimum absolute atomic E-state index is 0.533. The van der Waals surface area contributed by atoms with E-state index in [1.165, 1.54) is 0 Å². The predicted octanol–water partition coefficient (Wildman–Crippen LogP) is 1.98. The van der Waals surface area contributed by atoms with E-state index in [1.54, 1.807) is 12.5 Å². The molecule has 1 aliphatic rings. The molecule has 0 aromatic carbocycles. The molecule has 2 rings (SSSR count). The van der Waals surface area contributed by atoms with Crippen molar-refractivity contribution in [3.8, 4) is 0 Å². The Balaban J connectivity index is 2.14. The van der Waals surface area contributed by atoms with E-state index < -0.39 is 5.60 Å². The number of rotatable bonds is 1. The summed E-state index contributed by atoms with van der Waals surface area (Å²) in [4.78, 5) is 10.4. The first-order valence-corrected chi connectivity index (χ1v) is 6.31. The fraction of sp³-hybridized carbons (Fsp3) is 0.636. The van der Waals surface area contributed by atoms with Gasteiger partial charge >= 0.3 is 0 Å². The molecule has 0 bridgehead atoms. The molecule has 0 spiro atoms. The summed E-state index contributed by atoms with van der Waals surface area (Å²) in [7, 11) is 0. The van der Waals surface area contributed by atoms with Crippen molar-refractivity contribution in [2.24, 2.45) is 0 Å². The maximum atomic E-state index is 10.0. The molecule has 2 heterocycles. The van der Waals surface area contributed by atoms with E-state index in [0.29, 0.717) is 0 Å². The van der Waals surface area contributed by atoms with Gasteiger partial charge < -0.3 is 10.0 Å². The minimum Gasteiger partial charge on any atom is -0.390 e. The third kappa shape index (κ3) is 2.71. The number of aliphatic hydroxyl groups is 1. The standard InChI is InChI=1S/C11H16BrN3O/c1-11(16)3-2-5-15(6-4-11)10-9(12)7-13-8-14-10/h7-8,16H,2-6H2,1H3. The van der Waals surface area contributed by atoms with Gasteiger partial charge in [0.1, 0.15) is 12.1 Å². The molecule has 0 saturated carbocycles. The molecule has 1 aliphatic heterocycles. The van der Waals surface area contributed by atoms with Crippen LogP contribution in [0.5, 0.6) is 0 Å². The maximum Gasteiger partial charge on any atom is 0.146 e. The lowest BCUT2D eigenvalue weighted by Gasteiger charge is -2.23. The Kier molecular flexibility index (Phi) is 3.44. The van der Waals surface area contributed by atoms with Gasteiger partial charge in [0, 0.05) is 19.3 Å². The second kappa shape index (κ2) is 4.67. The van der Waals surface area contributed by atoms with Crippen molar-refractivity contribution in [2.45, 2.75) is 31.8 Å². The number of hydrogen-bond acceptors (Lipinski definition) is 4. The lowest BCUT2D eigenvalue weighted by molar-refractivity contribution is 0.0481. The second-order valence-electron chi connectivity index (χ2n) is 4.53. The van der Waals surface area contributed by atoms with Gasteiger partial charge in [0.15, 0.2) is 0 Å². The summed E-state index contributed by atoms with van der Waals surface area (Å²) >= 11 is 3.46. The Hall–Kier alpha value is -0.680. The van der Waals surface area contributed by atoms with Crippen molar-refractivity contribution in [3.63, 3.8) is 0 Å². The average Bonchev–Trinajstić information content (AvgIpc) is 2.40. The molecular formula is C11H16BrN3O. The van der Waals surface area contributed by atoms with Gasteiger partial charge in [-0.15, -0.1) is 0 Å². The van der Waals surface area contributed by atoms with Gasteiger partial charge in [-0.1, -0.05) is 0 Å². The van der Waals surface area contributed by atoms with Crippen LogP contribution >= 0.6 is 15.9 Å². The zero-order chi connectivity index (χ0) is 11.6. The van der Waals surface area contributed by atoms with Crippen LogP contribution in [0.25, 0.3) is 0 Å². The molecule has 1 fully saturated rings. The fourth-order valence-corrected chi connectivity index (χ4v) is 2.49. The highest BCUT2D eigenvalue weighted by Crippen LogP contribution is 2.27. The van der Waals surface area contributed by atoms with Crippen LogP contribution in [0.1, 0.15) is 26.2 Å². The maximum absolute atomic E-state index is 10.0. The zero-order valence-corrected chi connectivity index (χ0v) is 10.9. The molecule has 88 valence electrons. The molecule has 0 radical (unpaired) electrons. The minimum atomic E-state index is -0.533. The topological polar surface area (TPSA) is 49.2 Å². The highest BCUT2D eigenvalue weighted by Gasteiger charge is 2.26. The molecule has 1 aromatic heterocycles. The summed E-state index contributed by atoms with van der Waals surface area (Å²) in [5.41, 5.74) is -0.533. The zero-order valence-electron chi connectivity index (χ0n) is 9.36. The van der Waals surface area contributed by atoms with E-state index in [2.05, 4.69) is 30.8 Å². The van der Waals surface area contributed by atoms with Crippen LogP contribution < -0.4 is 4.90 Å². The Bertz CT molecular complexity index is 370. The van der Waals surface area contributed by atoms with Gasteiger partial charge in [-0.2, -0.15) is 0 Å². The summed E-state index contributed by atoms with van der Waals surface area (Å²) in [6.07, 6.45) is 5.94. The molecule has 4 nitrogen and oxygen atoms in total. The SMILES string of the molecule is CC1(O)CCCN(c2ncncc2Br)CC1. The summed E-state index contributed by atoms with van der Waals surface area (Å²) in [5.74, 6) is 0.924. The van der Waals surface area contributed by atoms with E-state index in [4.69, 9.17) is 0 Å². The van der Waals surface area contributed by atoms with Crippen LogP contribution in [0.4, 0.5) is 5.82 Å². The first-order valence-electron chi connectivity index (χ1n) is 5.51. The van der Waals surface area contributed by atoms with Crippen molar-refractivity contribution in [2.75, 3.05) is 18.0 Å². The summed E-state index contributed by atoms with van der Waals surface area (Å²) < 4.78 is 0.913. The van der Waals surface area contributed by atoms with Crippen LogP contribution in [-0.4, -0.2) is 33.8 Å². The monoisotopic (exact) mass is 285 g/mol. The molecule has 16 heavy (non-hydrogen) atoms. The summed E-state index contributed by atoms with van der Waals surface area (Å²) in [6, 6.07) is 0. The molecule has 1 atom stereocenters. The number of hydrogen-bond donors (Lipinski definition) is 1. The lowest BCUT2D eigenvalue weighted by atomic mass is 9.98. The van der Waals surface area contributed by atoms with Crippen molar-refractivity contribution >= 4 is 21.7 Å². The quantitative estimate of drug-likeness (QED) is 0.857. The van der Waals surface area contributed by atoms with E-state index in [-0.39, 0.29) is 0 Å². The molecule has 0 amide bonds. The number of anilines is 1. The summed E-state index contributed by atoms with van der Waals surface area (Å²) in [6.45, 7) is 3.68. The van der Waals surface area contributed by atoms with E-state index in [9.17, 15) is 5.11 Å². The highest BCUT2D eigenvalue weighted by molar-refractivity contribution is 9.10. The normalized spacial score (nSPS) is 26.6. The molecular weight excluding hydrogens is 270 g/mol. The number of aromatic nitrogens is 2. The number of halogens is 1. The molecule has 0 aliphatic carbocycles. The third-order valence-corrected chi connectivity index (χ3v) is 3.57. The van der Waals surface area contributed by atoms with Crippen LogP contribution in [0.15, 0.2) is 17.0 Å². The van der Waals surface area contributed by atoms with Gasteiger partial charge in [-0.3, -0.25) is 0 Å². The van der Waals surface area contributed by atoms with E-state index in [1.807, 2.05) is 6.92 Å². The van der Waals surface area contributed by atoms with Gasteiger partial charge in [0.05, 0.1) is 10.1 Å². The molecule has 5 heteroatoms. The van der Waals surface area contributed by atoms with Crippen LogP contribution in [-0.2, 0) is 0 Å². The molecule has 1 N–H and O–H groups in total. The van der Waals surface area contributed by atoms with E-state index in [0.717, 1.165) is 42.6 Å². The Morgan fingerprint density at radius 3 is 3.00 bits per heavy atom. The van der Waals surface area contributed by atoms with E-state index >= 15 is 0 Å². The van der Waals surface area contributed by atoms with Gasteiger partial charge in [-0.25, -0.2) is 9.97 Å². The first kappa shape index (κ1) is 11.8. The average molecular weight is 286 g/mol. The molecule has 1 aromatic rings. The van der Waals surface area contributed by atoms with Crippen molar-refractivity contribution in [1.82, 2.24) is 9.97 Å². The Morgan fingerprint density at radius 1 is 1.44 bits per heavy atom. The van der Waals surface area contributed by atoms with Crippen LogP contribution in [0, 0.1) is 0 Å². The van der Waals surface area contributed by atoms with Crippen LogP contribution in [0.2, 0.25) is 0 Å². The predicted molar refractivity (Wildman–Crippen MR) is 66.4 cm³/mol. The van der Waals surface area contributed by atoms with Crippen molar-refractivity contribution in [3.05, 3.63) is 17.0 Å². The fourth-order valence-electron chi connectivity index (χ4n) is 2.01. The number of nitrogens with zero attached hydrogens (tertiary/aromatic N) is 3. The third-order valence-electron chi connectivity index (χ3n) is 3.01. The van der Waals surface area contributed by atoms with Crippen molar-refractivity contribution < 1.29 is 5.11 Å². The molecule has 1 saturated heterocycles. The second-order valence-corrected chi connectivity index (χ2v) is 5.39. The lowest BCUT2D eigenvalue weighted by Crippen LogP contribution is -2.29. The smallest absolute Gasteiger partial charge is 0.146 e. The van der Waals surface area contributed by atoms with Crippen molar-refractivity contribution in [1.29, 1.82) is 0 Å².